The first-order chi connectivity index (χ1) is 18.8. The smallest absolute Gasteiger partial charge is 0.312 e. The number of unbranched alkanes of at least 4 members (excludes halogenated alkanes) is 2. The Morgan fingerprint density at radius 1 is 1.33 bits per heavy atom. The summed E-state index contributed by atoms with van der Waals surface area (Å²) >= 11 is 10.2. The molecule has 1 aromatic rings. The van der Waals surface area contributed by atoms with Gasteiger partial charge in [-0.15, -0.1) is 13.2 Å². The molecule has 0 aromatic heterocycles. The standard InChI is InChI=1S/C29H36BrClN2O6/c1-4-7-8-11-15-38-28(37)22-23-26(35)33(18(6-3)17-34)25(29(23)16-19(30)24(22)39-29)27(36)32(14-5-2)21-13-10-9-12-20(21)31/h4-5,9-10,12-13,18-19,22-25,34H,1-2,6-8,11,14-17H2,3H3/t18-,19?,22+,23-,24+,25?,29?/m0/s1. The molecule has 4 rings (SSSR count). The van der Waals surface area contributed by atoms with E-state index in [9.17, 15) is 19.5 Å². The second-order valence-electron chi connectivity index (χ2n) is 10.3. The van der Waals surface area contributed by atoms with Gasteiger partial charge in [0.25, 0.3) is 5.91 Å². The van der Waals surface area contributed by atoms with Crippen molar-refractivity contribution in [2.45, 2.75) is 67.6 Å². The van der Waals surface area contributed by atoms with Crippen molar-refractivity contribution in [3.8, 4) is 0 Å². The van der Waals surface area contributed by atoms with E-state index in [4.69, 9.17) is 21.1 Å². The summed E-state index contributed by atoms with van der Waals surface area (Å²) in [6.07, 6.45) is 5.92. The maximum atomic E-state index is 14.5. The number of esters is 1. The van der Waals surface area contributed by atoms with Gasteiger partial charge in [-0.1, -0.05) is 58.7 Å². The van der Waals surface area contributed by atoms with Gasteiger partial charge in [0.2, 0.25) is 5.91 Å². The Morgan fingerprint density at radius 3 is 2.72 bits per heavy atom. The number of para-hydroxylation sites is 1. The van der Waals surface area contributed by atoms with Crippen molar-refractivity contribution in [3.05, 3.63) is 54.6 Å². The average molecular weight is 624 g/mol. The molecule has 39 heavy (non-hydrogen) atoms. The third kappa shape index (κ3) is 5.19. The molecule has 212 valence electrons. The number of carbonyl (C=O) groups is 3. The summed E-state index contributed by atoms with van der Waals surface area (Å²) in [7, 11) is 0. The van der Waals surface area contributed by atoms with E-state index < -0.39 is 47.5 Å². The molecule has 3 aliphatic rings. The fourth-order valence-corrected chi connectivity index (χ4v) is 7.52. The van der Waals surface area contributed by atoms with E-state index in [0.717, 1.165) is 12.8 Å². The van der Waals surface area contributed by atoms with Crippen molar-refractivity contribution in [1.82, 2.24) is 4.90 Å². The van der Waals surface area contributed by atoms with Crippen LogP contribution in [0.25, 0.3) is 0 Å². The van der Waals surface area contributed by atoms with Crippen LogP contribution in [0, 0.1) is 11.8 Å². The number of alkyl halides is 1. The molecule has 1 N–H and O–H groups in total. The van der Waals surface area contributed by atoms with Gasteiger partial charge in [0.15, 0.2) is 0 Å². The van der Waals surface area contributed by atoms with Crippen LogP contribution in [0.3, 0.4) is 0 Å². The highest BCUT2D eigenvalue weighted by molar-refractivity contribution is 9.09. The Labute approximate surface area is 243 Å². The van der Waals surface area contributed by atoms with Crippen molar-refractivity contribution in [1.29, 1.82) is 0 Å². The van der Waals surface area contributed by atoms with Gasteiger partial charge in [0.05, 0.1) is 47.9 Å². The number of amides is 2. The molecule has 1 spiro atoms. The molecule has 8 nitrogen and oxygen atoms in total. The highest BCUT2D eigenvalue weighted by Gasteiger charge is 2.77. The van der Waals surface area contributed by atoms with Crippen molar-refractivity contribution < 1.29 is 29.0 Å². The summed E-state index contributed by atoms with van der Waals surface area (Å²) in [6, 6.07) is 5.27. The molecule has 10 heteroatoms. The zero-order chi connectivity index (χ0) is 28.3. The quantitative estimate of drug-likeness (QED) is 0.153. The van der Waals surface area contributed by atoms with E-state index in [2.05, 4.69) is 29.1 Å². The number of nitrogens with zero attached hydrogens (tertiary/aromatic N) is 2. The first kappa shape index (κ1) is 29.8. The minimum atomic E-state index is -1.26. The molecule has 3 saturated heterocycles. The lowest BCUT2D eigenvalue weighted by Gasteiger charge is -2.39. The van der Waals surface area contributed by atoms with Gasteiger partial charge < -0.3 is 24.4 Å². The van der Waals surface area contributed by atoms with Crippen molar-refractivity contribution in [2.75, 3.05) is 24.7 Å². The van der Waals surface area contributed by atoms with Gasteiger partial charge >= 0.3 is 5.97 Å². The number of halogens is 2. The molecular weight excluding hydrogens is 588 g/mol. The third-order valence-corrected chi connectivity index (χ3v) is 9.24. The van der Waals surface area contributed by atoms with Crippen molar-refractivity contribution in [3.63, 3.8) is 0 Å². The number of rotatable bonds is 13. The third-order valence-electron chi connectivity index (χ3n) is 8.08. The fourth-order valence-electron chi connectivity index (χ4n) is 6.34. The second-order valence-corrected chi connectivity index (χ2v) is 11.9. The molecule has 3 aliphatic heterocycles. The molecule has 3 unspecified atom stereocenters. The minimum Gasteiger partial charge on any atom is -0.465 e. The van der Waals surface area contributed by atoms with Gasteiger partial charge in [0, 0.05) is 11.4 Å². The summed E-state index contributed by atoms with van der Waals surface area (Å²) in [5.74, 6) is -3.03. The van der Waals surface area contributed by atoms with Gasteiger partial charge in [-0.25, -0.2) is 0 Å². The summed E-state index contributed by atoms with van der Waals surface area (Å²) in [4.78, 5) is 44.7. The lowest BCUT2D eigenvalue weighted by atomic mass is 9.70. The Hall–Kier alpha value is -2.20. The summed E-state index contributed by atoms with van der Waals surface area (Å²) in [5, 5.41) is 10.6. The van der Waals surface area contributed by atoms with Crippen molar-refractivity contribution >= 4 is 51.0 Å². The number of likely N-dealkylation sites (tertiary alicyclic amines) is 1. The fraction of sp³-hybridized carbons (Fsp3) is 0.552. The predicted molar refractivity (Wildman–Crippen MR) is 153 cm³/mol. The number of aliphatic hydroxyl groups excluding tert-OH is 1. The van der Waals surface area contributed by atoms with E-state index in [1.807, 2.05) is 13.0 Å². The maximum Gasteiger partial charge on any atom is 0.312 e. The highest BCUT2D eigenvalue weighted by atomic mass is 79.9. The van der Waals surface area contributed by atoms with Crippen LogP contribution in [0.1, 0.15) is 39.0 Å². The average Bonchev–Trinajstić information content (AvgIpc) is 3.52. The molecule has 1 aromatic carbocycles. The molecule has 7 atom stereocenters. The largest absolute Gasteiger partial charge is 0.465 e. The molecular formula is C29H36BrClN2O6. The number of hydrogen-bond acceptors (Lipinski definition) is 6. The van der Waals surface area contributed by atoms with Crippen LogP contribution in [0.5, 0.6) is 0 Å². The van der Waals surface area contributed by atoms with Crippen LogP contribution in [-0.4, -0.2) is 76.2 Å². The summed E-state index contributed by atoms with van der Waals surface area (Å²) in [6.45, 7) is 9.41. The lowest BCUT2D eigenvalue weighted by molar-refractivity contribution is -0.155. The molecule has 2 bridgehead atoms. The number of carbonyl (C=O) groups excluding carboxylic acids is 3. The van der Waals surface area contributed by atoms with Crippen LogP contribution >= 0.6 is 27.5 Å². The number of benzene rings is 1. The van der Waals surface area contributed by atoms with Crippen LogP contribution in [-0.2, 0) is 23.9 Å². The topological polar surface area (TPSA) is 96.4 Å². The second kappa shape index (κ2) is 12.5. The van der Waals surface area contributed by atoms with E-state index in [1.165, 1.54) is 9.80 Å². The van der Waals surface area contributed by atoms with E-state index in [-0.39, 0.29) is 30.5 Å². The number of ether oxygens (including phenoxy) is 2. The predicted octanol–water partition coefficient (Wildman–Crippen LogP) is 4.28. The van der Waals surface area contributed by atoms with Crippen LogP contribution < -0.4 is 4.90 Å². The van der Waals surface area contributed by atoms with Gasteiger partial charge in [0.1, 0.15) is 11.6 Å². The van der Waals surface area contributed by atoms with Gasteiger partial charge in [-0.3, -0.25) is 14.4 Å². The number of hydrogen-bond donors (Lipinski definition) is 1. The highest BCUT2D eigenvalue weighted by Crippen LogP contribution is 2.61. The maximum absolute atomic E-state index is 14.5. The normalized spacial score (nSPS) is 29.7. The van der Waals surface area contributed by atoms with Crippen molar-refractivity contribution in [2.24, 2.45) is 11.8 Å². The Kier molecular flexibility index (Phi) is 9.57. The SMILES string of the molecule is C=CCCCCOC(=O)[C@H]1[C@@H]2OC3(CC2Br)C(C(=O)N(CC=C)c2ccccc2Cl)N([C@@H](CC)CO)C(=O)[C@H]13. The van der Waals surface area contributed by atoms with Gasteiger partial charge in [-0.05, 0) is 44.2 Å². The number of aliphatic hydroxyl groups is 1. The Bertz CT molecular complexity index is 1110. The van der Waals surface area contributed by atoms with Crippen LogP contribution in [0.2, 0.25) is 5.02 Å². The number of allylic oxidation sites excluding steroid dienone is 1. The molecule has 0 saturated carbocycles. The Balaban J connectivity index is 1.74. The van der Waals surface area contributed by atoms with Crippen LogP contribution in [0.15, 0.2) is 49.6 Å². The van der Waals surface area contributed by atoms with E-state index >= 15 is 0 Å². The number of fused-ring (bicyclic) bond motifs is 1. The summed E-state index contributed by atoms with van der Waals surface area (Å²) < 4.78 is 12.2. The molecule has 2 amide bonds. The monoisotopic (exact) mass is 622 g/mol. The zero-order valence-electron chi connectivity index (χ0n) is 22.1. The van der Waals surface area contributed by atoms with Crippen LogP contribution in [0.4, 0.5) is 5.69 Å². The first-order valence-electron chi connectivity index (χ1n) is 13.5. The van der Waals surface area contributed by atoms with E-state index in [1.54, 1.807) is 30.3 Å². The molecule has 3 heterocycles. The first-order valence-corrected chi connectivity index (χ1v) is 14.8. The summed E-state index contributed by atoms with van der Waals surface area (Å²) in [5.41, 5.74) is -0.783. The molecule has 0 aliphatic carbocycles. The van der Waals surface area contributed by atoms with E-state index in [0.29, 0.717) is 30.0 Å². The number of anilines is 1. The van der Waals surface area contributed by atoms with Gasteiger partial charge in [-0.2, -0.15) is 0 Å². The Morgan fingerprint density at radius 2 is 2.08 bits per heavy atom. The lowest BCUT2D eigenvalue weighted by Crippen LogP contribution is -2.59. The zero-order valence-corrected chi connectivity index (χ0v) is 24.5. The molecule has 3 fully saturated rings. The molecule has 0 radical (unpaired) electrons. The minimum absolute atomic E-state index is 0.148.